The van der Waals surface area contributed by atoms with Crippen LogP contribution >= 0.6 is 11.6 Å². The third-order valence-corrected chi connectivity index (χ3v) is 6.90. The normalized spacial score (nSPS) is 27.0. The van der Waals surface area contributed by atoms with Gasteiger partial charge in [0.2, 0.25) is 0 Å². The number of ether oxygens (including phenoxy) is 2. The first kappa shape index (κ1) is 22.8. The Morgan fingerprint density at radius 2 is 2.17 bits per heavy atom. The van der Waals surface area contributed by atoms with E-state index in [1.165, 1.54) is 11.1 Å². The van der Waals surface area contributed by atoms with Gasteiger partial charge >= 0.3 is 0 Å². The molecule has 2 aliphatic rings. The van der Waals surface area contributed by atoms with Gasteiger partial charge in [-0.25, -0.2) is 0 Å². The molecule has 0 aromatic heterocycles. The van der Waals surface area contributed by atoms with Crippen LogP contribution in [0.5, 0.6) is 5.75 Å². The lowest BCUT2D eigenvalue weighted by atomic mass is 9.72. The van der Waals surface area contributed by atoms with Gasteiger partial charge in [0.25, 0.3) is 0 Å². The zero-order valence-corrected chi connectivity index (χ0v) is 18.7. The summed E-state index contributed by atoms with van der Waals surface area (Å²) in [5.41, 5.74) is 2.67. The summed E-state index contributed by atoms with van der Waals surface area (Å²) in [5.74, 6) is 1.79. The molecule has 29 heavy (non-hydrogen) atoms. The first-order valence-electron chi connectivity index (χ1n) is 10.8. The maximum absolute atomic E-state index is 12.3. The predicted octanol–water partition coefficient (Wildman–Crippen LogP) is 4.51. The van der Waals surface area contributed by atoms with Crippen LogP contribution in [0.1, 0.15) is 55.8 Å². The van der Waals surface area contributed by atoms with Crippen LogP contribution in [0.4, 0.5) is 4.39 Å². The van der Waals surface area contributed by atoms with Crippen LogP contribution in [-0.4, -0.2) is 55.0 Å². The molecule has 2 heterocycles. The molecule has 1 N–H and O–H groups in total. The van der Waals surface area contributed by atoms with E-state index in [9.17, 15) is 9.50 Å². The van der Waals surface area contributed by atoms with Gasteiger partial charge < -0.3 is 14.6 Å². The Bertz CT molecular complexity index is 686. The van der Waals surface area contributed by atoms with Crippen LogP contribution in [0, 0.1) is 11.8 Å². The van der Waals surface area contributed by atoms with Crippen molar-refractivity contribution in [1.82, 2.24) is 4.90 Å². The van der Waals surface area contributed by atoms with Crippen molar-refractivity contribution in [1.29, 1.82) is 0 Å². The molecule has 2 aliphatic heterocycles. The second kappa shape index (κ2) is 9.95. The zero-order valence-electron chi connectivity index (χ0n) is 17.9. The number of alkyl halides is 2. The first-order valence-corrected chi connectivity index (χ1v) is 11.3. The molecule has 1 saturated heterocycles. The Balaban J connectivity index is 1.84. The second-order valence-corrected chi connectivity index (χ2v) is 9.25. The molecule has 0 radical (unpaired) electrons. The summed E-state index contributed by atoms with van der Waals surface area (Å²) >= 11 is 6.29. The molecule has 1 fully saturated rings. The van der Waals surface area contributed by atoms with Crippen molar-refractivity contribution in [2.75, 3.05) is 39.4 Å². The Kier molecular flexibility index (Phi) is 7.82. The van der Waals surface area contributed by atoms with E-state index in [2.05, 4.69) is 30.9 Å². The van der Waals surface area contributed by atoms with Crippen molar-refractivity contribution in [2.45, 2.75) is 57.8 Å². The van der Waals surface area contributed by atoms with Gasteiger partial charge in [-0.3, -0.25) is 9.29 Å². The summed E-state index contributed by atoms with van der Waals surface area (Å²) in [6.45, 7) is 6.74. The maximum Gasteiger partial charge on any atom is 0.124 e. The quantitative estimate of drug-likeness (QED) is 0.465. The number of halogens is 2. The maximum atomic E-state index is 12.3. The van der Waals surface area contributed by atoms with Gasteiger partial charge in [0.05, 0.1) is 31.9 Å². The second-order valence-electron chi connectivity index (χ2n) is 8.99. The van der Waals surface area contributed by atoms with E-state index in [1.54, 1.807) is 7.11 Å². The van der Waals surface area contributed by atoms with Crippen LogP contribution in [0.25, 0.3) is 0 Å². The highest BCUT2D eigenvalue weighted by atomic mass is 35.5. The summed E-state index contributed by atoms with van der Waals surface area (Å²) in [5, 5.41) is 11.4. The molecule has 6 heteroatoms. The third-order valence-electron chi connectivity index (χ3n) is 6.44. The Morgan fingerprint density at radius 3 is 2.83 bits per heavy atom. The average molecular weight is 428 g/mol. The van der Waals surface area contributed by atoms with Crippen LogP contribution in [0.2, 0.25) is 0 Å². The summed E-state index contributed by atoms with van der Waals surface area (Å²) in [6, 6.07) is 4.43. The number of nitrogens with zero attached hydrogens (tertiary/aromatic N) is 1. The minimum atomic E-state index is -0.844. The fourth-order valence-corrected chi connectivity index (χ4v) is 5.24. The van der Waals surface area contributed by atoms with Crippen molar-refractivity contribution < 1.29 is 19.0 Å². The van der Waals surface area contributed by atoms with Gasteiger partial charge in [-0.1, -0.05) is 13.8 Å². The van der Waals surface area contributed by atoms with Crippen LogP contribution in [-0.2, 0) is 17.8 Å². The van der Waals surface area contributed by atoms with Crippen molar-refractivity contribution in [3.05, 3.63) is 28.8 Å². The number of methoxy groups -OCH3 is 1. The fourth-order valence-electron chi connectivity index (χ4n) is 4.91. The molecular formula is C23H35ClFNO3. The van der Waals surface area contributed by atoms with Crippen LogP contribution in [0.15, 0.2) is 12.1 Å². The molecule has 0 saturated carbocycles. The largest absolute Gasteiger partial charge is 0.496 e. The molecule has 3 rings (SSSR count). The summed E-state index contributed by atoms with van der Waals surface area (Å²) in [7, 11) is 1.67. The minimum absolute atomic E-state index is 0.154. The lowest BCUT2D eigenvalue weighted by Gasteiger charge is -2.51. The number of hydrogen-bond donors (Lipinski definition) is 1. The molecule has 0 spiro atoms. The van der Waals surface area contributed by atoms with Gasteiger partial charge in [0.15, 0.2) is 0 Å². The molecular weight excluding hydrogens is 393 g/mol. The highest BCUT2D eigenvalue weighted by molar-refractivity contribution is 6.18. The molecule has 1 aromatic rings. The van der Waals surface area contributed by atoms with E-state index in [0.29, 0.717) is 32.0 Å². The Hall–Kier alpha value is -0.880. The van der Waals surface area contributed by atoms with Gasteiger partial charge in [-0.15, -0.1) is 11.6 Å². The molecule has 0 bridgehead atoms. The van der Waals surface area contributed by atoms with Crippen molar-refractivity contribution in [2.24, 2.45) is 11.8 Å². The lowest BCUT2D eigenvalue weighted by molar-refractivity contribution is -0.0886. The summed E-state index contributed by atoms with van der Waals surface area (Å²) < 4.78 is 23.6. The van der Waals surface area contributed by atoms with Crippen LogP contribution < -0.4 is 4.74 Å². The van der Waals surface area contributed by atoms with Crippen molar-refractivity contribution in [3.63, 3.8) is 0 Å². The predicted molar refractivity (Wildman–Crippen MR) is 114 cm³/mol. The Morgan fingerprint density at radius 1 is 1.38 bits per heavy atom. The van der Waals surface area contributed by atoms with E-state index in [1.807, 2.05) is 0 Å². The molecule has 3 atom stereocenters. The average Bonchev–Trinajstić information content (AvgIpc) is 2.71. The SMILES string of the molecule is COc1cc2c(cc1COCCCF)CCN1C[C@@H](CC(C)C)[C@@](O)(CCl)C[C@H]21. The monoisotopic (exact) mass is 427 g/mol. The minimum Gasteiger partial charge on any atom is -0.496 e. The molecule has 0 unspecified atom stereocenters. The number of piperidine rings is 1. The van der Waals surface area contributed by atoms with E-state index >= 15 is 0 Å². The van der Waals surface area contributed by atoms with E-state index in [-0.39, 0.29) is 24.5 Å². The smallest absolute Gasteiger partial charge is 0.124 e. The third kappa shape index (κ3) is 5.07. The first-order chi connectivity index (χ1) is 13.9. The topological polar surface area (TPSA) is 41.9 Å². The molecule has 164 valence electrons. The fraction of sp³-hybridized carbons (Fsp3) is 0.739. The molecule has 1 aromatic carbocycles. The lowest BCUT2D eigenvalue weighted by Crippen LogP contribution is -2.56. The highest BCUT2D eigenvalue weighted by Gasteiger charge is 2.47. The van der Waals surface area contributed by atoms with E-state index in [0.717, 1.165) is 37.2 Å². The van der Waals surface area contributed by atoms with E-state index in [4.69, 9.17) is 21.1 Å². The van der Waals surface area contributed by atoms with Gasteiger partial charge in [0, 0.05) is 37.2 Å². The van der Waals surface area contributed by atoms with E-state index < -0.39 is 5.60 Å². The number of rotatable bonds is 9. The van der Waals surface area contributed by atoms with Crippen molar-refractivity contribution >= 4 is 11.6 Å². The Labute approximate surface area is 179 Å². The highest BCUT2D eigenvalue weighted by Crippen LogP contribution is 2.46. The molecule has 0 amide bonds. The molecule has 0 aliphatic carbocycles. The van der Waals surface area contributed by atoms with Crippen molar-refractivity contribution in [3.8, 4) is 5.75 Å². The van der Waals surface area contributed by atoms with Crippen LogP contribution in [0.3, 0.4) is 0 Å². The molecule has 4 nitrogen and oxygen atoms in total. The zero-order chi connectivity index (χ0) is 21.0. The van der Waals surface area contributed by atoms with Gasteiger partial charge in [-0.2, -0.15) is 0 Å². The number of aliphatic hydroxyl groups is 1. The number of fused-ring (bicyclic) bond motifs is 3. The van der Waals surface area contributed by atoms with Gasteiger partial charge in [-0.05, 0) is 54.9 Å². The number of benzene rings is 1. The summed E-state index contributed by atoms with van der Waals surface area (Å²) in [4.78, 5) is 2.51. The standard InChI is InChI=1S/C23H35ClFNO3/c1-16(2)9-19-13-26-7-5-17-10-18(14-29-8-4-6-25)22(28-3)11-20(17)21(26)12-23(19,27)15-24/h10-11,16,19,21,27H,4-9,12-15H2,1-3H3/t19-,21-,23+/m1/s1. The van der Waals surface area contributed by atoms with Gasteiger partial charge in [0.1, 0.15) is 5.75 Å². The number of hydrogen-bond acceptors (Lipinski definition) is 4. The summed E-state index contributed by atoms with van der Waals surface area (Å²) in [6.07, 6.45) is 3.02.